The van der Waals surface area contributed by atoms with E-state index in [1.54, 1.807) is 0 Å². The Bertz CT molecular complexity index is 877. The number of amides is 1. The minimum atomic E-state index is -2.29. The van der Waals surface area contributed by atoms with Crippen LogP contribution in [0.3, 0.4) is 0 Å². The maximum Gasteiger partial charge on any atom is 0.279 e. The van der Waals surface area contributed by atoms with E-state index in [-0.39, 0.29) is 26.2 Å². The van der Waals surface area contributed by atoms with Gasteiger partial charge in [0.15, 0.2) is 5.72 Å². The van der Waals surface area contributed by atoms with Gasteiger partial charge in [-0.3, -0.25) is 20.3 Å². The van der Waals surface area contributed by atoms with Gasteiger partial charge in [0, 0.05) is 21.1 Å². The zero-order valence-electron chi connectivity index (χ0n) is 11.6. The quantitative estimate of drug-likeness (QED) is 0.516. The molecule has 1 atom stereocenters. The fourth-order valence-electron chi connectivity index (χ4n) is 2.55. The van der Waals surface area contributed by atoms with Crippen molar-refractivity contribution < 1.29 is 19.2 Å². The number of carbonyl (C=O) groups excluding carboxylic acids is 1. The summed E-state index contributed by atoms with van der Waals surface area (Å²) in [6, 6.07) is 5.66. The molecule has 24 heavy (non-hydrogen) atoms. The number of hydrazine groups is 1. The summed E-state index contributed by atoms with van der Waals surface area (Å²) in [6.07, 6.45) is 0. The number of benzene rings is 2. The number of aliphatic hydroxyl groups is 1. The largest absolute Gasteiger partial charge is 0.366 e. The van der Waals surface area contributed by atoms with Crippen LogP contribution in [0.2, 0.25) is 5.02 Å². The number of hydrogen-bond acceptors (Lipinski definition) is 5. The Morgan fingerprint density at radius 2 is 2.04 bits per heavy atom. The van der Waals surface area contributed by atoms with E-state index < -0.39 is 28.1 Å². The molecule has 0 saturated carbocycles. The molecule has 0 aliphatic carbocycles. The number of rotatable bonds is 2. The van der Waals surface area contributed by atoms with Crippen molar-refractivity contribution in [2.24, 2.45) is 0 Å². The molecule has 3 N–H and O–H groups in total. The normalized spacial score (nSPS) is 19.6. The van der Waals surface area contributed by atoms with E-state index >= 15 is 0 Å². The molecular formula is C14H8BrClFN3O4. The van der Waals surface area contributed by atoms with Crippen LogP contribution in [-0.2, 0) is 5.72 Å². The summed E-state index contributed by atoms with van der Waals surface area (Å²) in [4.78, 5) is 22.7. The highest BCUT2D eigenvalue weighted by Crippen LogP contribution is 2.41. The van der Waals surface area contributed by atoms with Gasteiger partial charge in [0.1, 0.15) is 5.82 Å². The number of hydrogen-bond donors (Lipinski definition) is 3. The van der Waals surface area contributed by atoms with Crippen LogP contribution in [0.15, 0.2) is 34.8 Å². The number of carbonyl (C=O) groups is 1. The predicted octanol–water partition coefficient (Wildman–Crippen LogP) is 2.59. The zero-order valence-corrected chi connectivity index (χ0v) is 14.0. The molecule has 0 saturated heterocycles. The highest BCUT2D eigenvalue weighted by Gasteiger charge is 2.46. The first-order valence-corrected chi connectivity index (χ1v) is 7.65. The molecule has 3 rings (SSSR count). The zero-order chi connectivity index (χ0) is 17.6. The molecule has 1 heterocycles. The Hall–Kier alpha value is -2.07. The predicted molar refractivity (Wildman–Crippen MR) is 85.8 cm³/mol. The summed E-state index contributed by atoms with van der Waals surface area (Å²) in [5, 5.41) is 22.4. The van der Waals surface area contributed by atoms with Crippen LogP contribution in [-0.4, -0.2) is 15.9 Å². The van der Waals surface area contributed by atoms with Gasteiger partial charge in [0.2, 0.25) is 0 Å². The van der Waals surface area contributed by atoms with Gasteiger partial charge in [-0.1, -0.05) is 27.5 Å². The fourth-order valence-corrected chi connectivity index (χ4v) is 3.25. The molecule has 10 heteroatoms. The van der Waals surface area contributed by atoms with Gasteiger partial charge in [-0.25, -0.2) is 4.39 Å². The lowest BCUT2D eigenvalue weighted by atomic mass is 9.88. The lowest BCUT2D eigenvalue weighted by Gasteiger charge is -2.35. The van der Waals surface area contributed by atoms with Crippen molar-refractivity contribution in [2.75, 3.05) is 0 Å². The van der Waals surface area contributed by atoms with Crippen molar-refractivity contribution in [3.63, 3.8) is 0 Å². The Labute approximate surface area is 147 Å². The van der Waals surface area contributed by atoms with E-state index in [4.69, 9.17) is 11.6 Å². The molecule has 0 bridgehead atoms. The van der Waals surface area contributed by atoms with Gasteiger partial charge < -0.3 is 5.11 Å². The maximum absolute atomic E-state index is 13.6. The van der Waals surface area contributed by atoms with Crippen LogP contribution in [0.25, 0.3) is 0 Å². The van der Waals surface area contributed by atoms with Crippen molar-refractivity contribution in [3.05, 3.63) is 72.4 Å². The third-order valence-corrected chi connectivity index (χ3v) is 4.35. The van der Waals surface area contributed by atoms with Crippen molar-refractivity contribution in [1.82, 2.24) is 10.9 Å². The van der Waals surface area contributed by atoms with Gasteiger partial charge in [0.05, 0.1) is 16.1 Å². The van der Waals surface area contributed by atoms with E-state index in [0.717, 1.165) is 18.2 Å². The van der Waals surface area contributed by atoms with E-state index in [2.05, 4.69) is 26.8 Å². The highest BCUT2D eigenvalue weighted by molar-refractivity contribution is 9.10. The smallest absolute Gasteiger partial charge is 0.279 e. The van der Waals surface area contributed by atoms with Gasteiger partial charge in [-0.05, 0) is 24.3 Å². The first-order valence-electron chi connectivity index (χ1n) is 6.48. The molecule has 2 aromatic rings. The van der Waals surface area contributed by atoms with Crippen LogP contribution < -0.4 is 10.9 Å². The summed E-state index contributed by atoms with van der Waals surface area (Å²) < 4.78 is 13.9. The minimum absolute atomic E-state index is 0.0364. The van der Waals surface area contributed by atoms with Gasteiger partial charge >= 0.3 is 0 Å². The summed E-state index contributed by atoms with van der Waals surface area (Å²) in [5.41, 5.74) is 1.04. The molecule has 0 fully saturated rings. The molecule has 1 aliphatic rings. The second kappa shape index (κ2) is 5.78. The monoisotopic (exact) mass is 415 g/mol. The third kappa shape index (κ3) is 2.55. The maximum atomic E-state index is 13.6. The van der Waals surface area contributed by atoms with E-state index in [0.29, 0.717) is 0 Å². The van der Waals surface area contributed by atoms with Crippen LogP contribution in [0.4, 0.5) is 10.1 Å². The van der Waals surface area contributed by atoms with E-state index in [1.165, 1.54) is 12.1 Å². The minimum Gasteiger partial charge on any atom is -0.366 e. The number of nitro benzene ring substituents is 1. The average molecular weight is 417 g/mol. The van der Waals surface area contributed by atoms with Crippen LogP contribution >= 0.6 is 27.5 Å². The number of nitrogens with one attached hydrogen (secondary N) is 2. The Morgan fingerprint density at radius 3 is 2.71 bits per heavy atom. The van der Waals surface area contributed by atoms with Crippen LogP contribution in [0.1, 0.15) is 21.5 Å². The molecule has 0 radical (unpaired) electrons. The molecule has 1 unspecified atom stereocenters. The van der Waals surface area contributed by atoms with Crippen LogP contribution in [0.5, 0.6) is 0 Å². The molecule has 7 nitrogen and oxygen atoms in total. The van der Waals surface area contributed by atoms with E-state index in [9.17, 15) is 24.4 Å². The Kier molecular flexibility index (Phi) is 4.04. The number of halogens is 3. The number of nitrogens with zero attached hydrogens (tertiary/aromatic N) is 1. The van der Waals surface area contributed by atoms with Crippen LogP contribution in [0, 0.1) is 15.9 Å². The molecular weight excluding hydrogens is 409 g/mol. The van der Waals surface area contributed by atoms with Crippen molar-refractivity contribution in [3.8, 4) is 0 Å². The second-order valence-electron chi connectivity index (χ2n) is 5.02. The van der Waals surface area contributed by atoms with Crippen molar-refractivity contribution in [1.29, 1.82) is 0 Å². The summed E-state index contributed by atoms with van der Waals surface area (Å²) in [7, 11) is 0. The molecule has 0 spiro atoms. The molecule has 1 amide bonds. The number of fused-ring (bicyclic) bond motifs is 1. The summed E-state index contributed by atoms with van der Waals surface area (Å²) in [6.45, 7) is 0. The van der Waals surface area contributed by atoms with Gasteiger partial charge in [-0.15, -0.1) is 0 Å². The lowest BCUT2D eigenvalue weighted by Crippen LogP contribution is -2.58. The van der Waals surface area contributed by atoms with Gasteiger partial charge in [0.25, 0.3) is 11.6 Å². The van der Waals surface area contributed by atoms with Crippen molar-refractivity contribution in [2.45, 2.75) is 5.72 Å². The fraction of sp³-hybridized carbons (Fsp3) is 0.0714. The molecule has 124 valence electrons. The third-order valence-electron chi connectivity index (χ3n) is 3.56. The second-order valence-corrected chi connectivity index (χ2v) is 6.34. The summed E-state index contributed by atoms with van der Waals surface area (Å²) >= 11 is 9.11. The average Bonchev–Trinajstić information content (AvgIpc) is 2.52. The Morgan fingerprint density at radius 1 is 1.33 bits per heavy atom. The SMILES string of the molecule is O=C1NNC(O)(c2cc(F)ccc2Cl)c2c1cc(Br)cc2[N+](=O)[O-]. The van der Waals surface area contributed by atoms with Gasteiger partial charge in [-0.2, -0.15) is 5.43 Å². The highest BCUT2D eigenvalue weighted by atomic mass is 79.9. The van der Waals surface area contributed by atoms with E-state index in [1.807, 2.05) is 0 Å². The first-order chi connectivity index (χ1) is 11.2. The van der Waals surface area contributed by atoms with Crippen molar-refractivity contribution >= 4 is 39.1 Å². The summed E-state index contributed by atoms with van der Waals surface area (Å²) in [5.74, 6) is -1.39. The molecule has 0 aromatic heterocycles. The molecule has 2 aromatic carbocycles. The lowest BCUT2D eigenvalue weighted by molar-refractivity contribution is -0.386. The molecule has 1 aliphatic heterocycles. The number of nitro groups is 1. The Balaban J connectivity index is 2.38. The topological polar surface area (TPSA) is 104 Å². The standard InChI is InChI=1S/C14H8BrClFN3O4/c15-6-3-8-12(11(4-6)20(23)24)14(22,19-18-13(8)21)9-5-7(17)1-2-10(9)16/h1-5,19,22H,(H,18,21). The first kappa shape index (κ1) is 16.8.